The third kappa shape index (κ3) is 2.53. The Kier molecular flexibility index (Phi) is 3.55. The molecule has 2 aromatic rings. The van der Waals surface area contributed by atoms with Gasteiger partial charge in [0.2, 0.25) is 0 Å². The van der Waals surface area contributed by atoms with Crippen LogP contribution in [0.2, 0.25) is 0 Å². The zero-order valence-corrected chi connectivity index (χ0v) is 9.67. The maximum atomic E-state index is 11.2. The van der Waals surface area contributed by atoms with E-state index in [1.54, 1.807) is 7.11 Å². The molecule has 0 aliphatic rings. The molecule has 0 unspecified atom stereocenters. The monoisotopic (exact) mass is 226 g/mol. The van der Waals surface area contributed by atoms with Crippen molar-refractivity contribution in [2.24, 2.45) is 0 Å². The van der Waals surface area contributed by atoms with Crippen LogP contribution in [0.3, 0.4) is 0 Å². The average molecular weight is 226 g/mol. The van der Waals surface area contributed by atoms with Gasteiger partial charge in [0.05, 0.1) is 13.0 Å². The summed E-state index contributed by atoms with van der Waals surface area (Å²) in [4.78, 5) is 11.2. The van der Waals surface area contributed by atoms with Gasteiger partial charge in [-0.05, 0) is 23.3 Å². The summed E-state index contributed by atoms with van der Waals surface area (Å²) in [5.41, 5.74) is 1.99. The van der Waals surface area contributed by atoms with Crippen LogP contribution in [0.15, 0.2) is 54.6 Å². The molecule has 2 rings (SSSR count). The molecule has 0 bridgehead atoms. The van der Waals surface area contributed by atoms with Gasteiger partial charge >= 0.3 is 0 Å². The minimum atomic E-state index is -0.206. The summed E-state index contributed by atoms with van der Waals surface area (Å²) in [5.74, 6) is 0.591. The number of hydrogen-bond donors (Lipinski definition) is 0. The number of methoxy groups -OCH3 is 1. The second kappa shape index (κ2) is 5.30. The van der Waals surface area contributed by atoms with Gasteiger partial charge in [-0.2, -0.15) is 0 Å². The lowest BCUT2D eigenvalue weighted by atomic mass is 9.93. The second-order valence-electron chi connectivity index (χ2n) is 3.80. The van der Waals surface area contributed by atoms with Crippen molar-refractivity contribution in [1.29, 1.82) is 0 Å². The zero-order valence-electron chi connectivity index (χ0n) is 9.67. The summed E-state index contributed by atoms with van der Waals surface area (Å²) in [6.45, 7) is 0. The number of ether oxygens (including phenoxy) is 1. The third-order valence-electron chi connectivity index (χ3n) is 2.77. The van der Waals surface area contributed by atoms with Crippen LogP contribution in [0, 0.1) is 0 Å². The van der Waals surface area contributed by atoms with E-state index >= 15 is 0 Å². The molecule has 0 heterocycles. The van der Waals surface area contributed by atoms with E-state index in [4.69, 9.17) is 4.74 Å². The number of aldehydes is 1. The van der Waals surface area contributed by atoms with E-state index in [2.05, 4.69) is 0 Å². The maximum absolute atomic E-state index is 11.2. The molecule has 0 aromatic heterocycles. The van der Waals surface area contributed by atoms with Crippen molar-refractivity contribution in [3.63, 3.8) is 0 Å². The molecular formula is C15H14O2. The van der Waals surface area contributed by atoms with Gasteiger partial charge in [-0.1, -0.05) is 42.5 Å². The number of benzene rings is 2. The Bertz CT molecular complexity index is 474. The number of rotatable bonds is 4. The summed E-state index contributed by atoms with van der Waals surface area (Å²) in [7, 11) is 1.63. The van der Waals surface area contributed by atoms with Crippen LogP contribution in [-0.4, -0.2) is 13.4 Å². The first-order valence-electron chi connectivity index (χ1n) is 5.49. The van der Waals surface area contributed by atoms with Gasteiger partial charge in [-0.15, -0.1) is 0 Å². The molecule has 0 saturated heterocycles. The molecule has 0 radical (unpaired) electrons. The SMILES string of the molecule is COc1ccc([C@H](C=O)c2ccccc2)cc1. The summed E-state index contributed by atoms with van der Waals surface area (Å²) in [5, 5.41) is 0. The first-order valence-corrected chi connectivity index (χ1v) is 5.49. The highest BCUT2D eigenvalue weighted by molar-refractivity contribution is 5.68. The lowest BCUT2D eigenvalue weighted by Crippen LogP contribution is -2.02. The van der Waals surface area contributed by atoms with Crippen molar-refractivity contribution in [1.82, 2.24) is 0 Å². The Hall–Kier alpha value is -2.09. The summed E-state index contributed by atoms with van der Waals surface area (Å²) in [6, 6.07) is 17.3. The Morgan fingerprint density at radius 3 is 2.06 bits per heavy atom. The largest absolute Gasteiger partial charge is 0.497 e. The molecule has 0 aliphatic heterocycles. The van der Waals surface area contributed by atoms with Gasteiger partial charge in [-0.3, -0.25) is 0 Å². The van der Waals surface area contributed by atoms with Gasteiger partial charge in [0.25, 0.3) is 0 Å². The van der Waals surface area contributed by atoms with Crippen LogP contribution in [0.4, 0.5) is 0 Å². The molecular weight excluding hydrogens is 212 g/mol. The average Bonchev–Trinajstić information content (AvgIpc) is 2.42. The molecule has 0 amide bonds. The predicted molar refractivity (Wildman–Crippen MR) is 67.3 cm³/mol. The Balaban J connectivity index is 2.32. The van der Waals surface area contributed by atoms with E-state index < -0.39 is 0 Å². The van der Waals surface area contributed by atoms with E-state index in [9.17, 15) is 4.79 Å². The molecule has 0 N–H and O–H groups in total. The minimum Gasteiger partial charge on any atom is -0.497 e. The molecule has 0 fully saturated rings. The predicted octanol–water partition coefficient (Wildman–Crippen LogP) is 3.03. The van der Waals surface area contributed by atoms with Crippen molar-refractivity contribution in [3.8, 4) is 5.75 Å². The second-order valence-corrected chi connectivity index (χ2v) is 3.80. The summed E-state index contributed by atoms with van der Waals surface area (Å²) >= 11 is 0. The Morgan fingerprint density at radius 1 is 0.941 bits per heavy atom. The van der Waals surface area contributed by atoms with Crippen molar-refractivity contribution in [2.75, 3.05) is 7.11 Å². The first-order chi connectivity index (χ1) is 8.35. The van der Waals surface area contributed by atoms with Crippen LogP contribution in [-0.2, 0) is 4.79 Å². The normalized spacial score (nSPS) is 11.8. The highest BCUT2D eigenvalue weighted by Crippen LogP contribution is 2.24. The van der Waals surface area contributed by atoms with Gasteiger partial charge < -0.3 is 9.53 Å². The van der Waals surface area contributed by atoms with Gasteiger partial charge in [0.1, 0.15) is 12.0 Å². The molecule has 2 aromatic carbocycles. The van der Waals surface area contributed by atoms with Crippen LogP contribution >= 0.6 is 0 Å². The van der Waals surface area contributed by atoms with Crippen LogP contribution in [0.5, 0.6) is 5.75 Å². The fourth-order valence-electron chi connectivity index (χ4n) is 1.82. The third-order valence-corrected chi connectivity index (χ3v) is 2.77. The lowest BCUT2D eigenvalue weighted by molar-refractivity contribution is -0.108. The molecule has 0 aliphatic carbocycles. The van der Waals surface area contributed by atoms with E-state index in [1.807, 2.05) is 54.6 Å². The standard InChI is InChI=1S/C15H14O2/c1-17-14-9-7-13(8-10-14)15(11-16)12-5-3-2-4-6-12/h2-11,15H,1H3/t15-/m1/s1. The maximum Gasteiger partial charge on any atom is 0.131 e. The fraction of sp³-hybridized carbons (Fsp3) is 0.133. The molecule has 1 atom stereocenters. The van der Waals surface area contributed by atoms with E-state index in [1.165, 1.54) is 0 Å². The van der Waals surface area contributed by atoms with Crippen LogP contribution < -0.4 is 4.74 Å². The molecule has 2 heteroatoms. The van der Waals surface area contributed by atoms with Crippen LogP contribution in [0.25, 0.3) is 0 Å². The minimum absolute atomic E-state index is 0.206. The fourth-order valence-corrected chi connectivity index (χ4v) is 1.82. The van der Waals surface area contributed by atoms with Crippen LogP contribution in [0.1, 0.15) is 17.0 Å². The highest BCUT2D eigenvalue weighted by atomic mass is 16.5. The van der Waals surface area contributed by atoms with Gasteiger partial charge in [-0.25, -0.2) is 0 Å². The summed E-state index contributed by atoms with van der Waals surface area (Å²) < 4.78 is 5.10. The molecule has 2 nitrogen and oxygen atoms in total. The van der Waals surface area contributed by atoms with Crippen molar-refractivity contribution < 1.29 is 9.53 Å². The van der Waals surface area contributed by atoms with Crippen molar-refractivity contribution in [2.45, 2.75) is 5.92 Å². The van der Waals surface area contributed by atoms with Crippen molar-refractivity contribution in [3.05, 3.63) is 65.7 Å². The number of carbonyl (C=O) groups is 1. The van der Waals surface area contributed by atoms with Gasteiger partial charge in [0.15, 0.2) is 0 Å². The van der Waals surface area contributed by atoms with Crippen molar-refractivity contribution >= 4 is 6.29 Å². The summed E-state index contributed by atoms with van der Waals surface area (Å²) in [6.07, 6.45) is 0.969. The quantitative estimate of drug-likeness (QED) is 0.749. The molecule has 0 spiro atoms. The number of carbonyl (C=O) groups excluding carboxylic acids is 1. The Morgan fingerprint density at radius 2 is 1.53 bits per heavy atom. The lowest BCUT2D eigenvalue weighted by Gasteiger charge is -2.11. The zero-order chi connectivity index (χ0) is 12.1. The smallest absolute Gasteiger partial charge is 0.131 e. The van der Waals surface area contributed by atoms with E-state index in [-0.39, 0.29) is 5.92 Å². The van der Waals surface area contributed by atoms with Gasteiger partial charge in [0, 0.05) is 0 Å². The molecule has 0 saturated carbocycles. The molecule has 17 heavy (non-hydrogen) atoms. The highest BCUT2D eigenvalue weighted by Gasteiger charge is 2.12. The first kappa shape index (κ1) is 11.4. The topological polar surface area (TPSA) is 26.3 Å². The van der Waals surface area contributed by atoms with E-state index in [0.29, 0.717) is 0 Å². The van der Waals surface area contributed by atoms with E-state index in [0.717, 1.165) is 23.2 Å². The number of hydrogen-bond acceptors (Lipinski definition) is 2. The molecule has 86 valence electrons. The Labute approximate surface area is 101 Å².